The molecule has 28 heavy (non-hydrogen) atoms. The topological polar surface area (TPSA) is 68.5 Å². The van der Waals surface area contributed by atoms with Gasteiger partial charge in [-0.25, -0.2) is 13.9 Å². The molecule has 0 radical (unpaired) electrons. The molecule has 2 aromatic heterocycles. The van der Waals surface area contributed by atoms with E-state index in [1.54, 1.807) is 23.9 Å². The van der Waals surface area contributed by atoms with Crippen LogP contribution in [0.3, 0.4) is 0 Å². The number of nitrogens with one attached hydrogen (secondary N) is 1. The van der Waals surface area contributed by atoms with Crippen LogP contribution >= 0.6 is 0 Å². The van der Waals surface area contributed by atoms with Crippen molar-refractivity contribution in [2.45, 2.75) is 6.92 Å². The smallest absolute Gasteiger partial charge is 0.255 e. The van der Waals surface area contributed by atoms with Crippen molar-refractivity contribution in [3.05, 3.63) is 77.7 Å². The second-order valence-corrected chi connectivity index (χ2v) is 6.30. The Hall–Kier alpha value is -3.74. The summed E-state index contributed by atoms with van der Waals surface area (Å²) in [5.74, 6) is -0.193. The SMILES string of the molecule is COc1ccc2nc(-c3ccc(C)c(NC(=O)c4ccc(F)cc4)c3)cn2n1. The molecule has 4 aromatic rings. The van der Waals surface area contributed by atoms with Crippen LogP contribution in [-0.4, -0.2) is 27.6 Å². The number of carbonyl (C=O) groups is 1. The highest BCUT2D eigenvalue weighted by Gasteiger charge is 2.11. The summed E-state index contributed by atoms with van der Waals surface area (Å²) in [5, 5.41) is 7.18. The maximum absolute atomic E-state index is 13.1. The van der Waals surface area contributed by atoms with Gasteiger partial charge >= 0.3 is 0 Å². The van der Waals surface area contributed by atoms with E-state index in [2.05, 4.69) is 15.4 Å². The predicted octanol–water partition coefficient (Wildman–Crippen LogP) is 4.10. The van der Waals surface area contributed by atoms with E-state index >= 15 is 0 Å². The summed E-state index contributed by atoms with van der Waals surface area (Å²) >= 11 is 0. The minimum atomic E-state index is -0.383. The summed E-state index contributed by atoms with van der Waals surface area (Å²) in [6.07, 6.45) is 1.80. The summed E-state index contributed by atoms with van der Waals surface area (Å²) in [5.41, 5.74) is 4.20. The number of imidazole rings is 1. The number of anilines is 1. The average Bonchev–Trinajstić information content (AvgIpc) is 3.13. The summed E-state index contributed by atoms with van der Waals surface area (Å²) in [6, 6.07) is 14.7. The molecule has 0 aliphatic rings. The van der Waals surface area contributed by atoms with Crippen LogP contribution < -0.4 is 10.1 Å². The number of hydrogen-bond acceptors (Lipinski definition) is 4. The molecule has 0 aliphatic carbocycles. The van der Waals surface area contributed by atoms with Gasteiger partial charge < -0.3 is 10.1 Å². The molecule has 0 bridgehead atoms. The maximum atomic E-state index is 13.1. The van der Waals surface area contributed by atoms with Crippen molar-refractivity contribution in [2.75, 3.05) is 12.4 Å². The fraction of sp³-hybridized carbons (Fsp3) is 0.0952. The van der Waals surface area contributed by atoms with E-state index in [1.165, 1.54) is 24.3 Å². The van der Waals surface area contributed by atoms with Crippen LogP contribution in [0.2, 0.25) is 0 Å². The molecule has 1 N–H and O–H groups in total. The quantitative estimate of drug-likeness (QED) is 0.582. The van der Waals surface area contributed by atoms with Crippen LogP contribution in [0.25, 0.3) is 16.9 Å². The number of nitrogens with zero attached hydrogens (tertiary/aromatic N) is 3. The van der Waals surface area contributed by atoms with Gasteiger partial charge in [0, 0.05) is 22.9 Å². The Morgan fingerprint density at radius 2 is 1.89 bits per heavy atom. The van der Waals surface area contributed by atoms with Gasteiger partial charge in [0.25, 0.3) is 5.91 Å². The number of benzene rings is 2. The van der Waals surface area contributed by atoms with Crippen LogP contribution in [0.15, 0.2) is 60.8 Å². The largest absolute Gasteiger partial charge is 0.480 e. The lowest BCUT2D eigenvalue weighted by atomic mass is 10.1. The van der Waals surface area contributed by atoms with Crippen molar-refractivity contribution in [3.8, 4) is 17.1 Å². The molecule has 1 amide bonds. The van der Waals surface area contributed by atoms with Gasteiger partial charge in [-0.2, -0.15) is 0 Å². The number of methoxy groups -OCH3 is 1. The Kier molecular flexibility index (Phi) is 4.49. The van der Waals surface area contributed by atoms with Crippen LogP contribution in [0.5, 0.6) is 5.88 Å². The average molecular weight is 376 g/mol. The molecular formula is C21H17FN4O2. The van der Waals surface area contributed by atoms with Crippen LogP contribution in [-0.2, 0) is 0 Å². The first-order valence-corrected chi connectivity index (χ1v) is 8.62. The number of carbonyl (C=O) groups excluding carboxylic acids is 1. The van der Waals surface area contributed by atoms with E-state index in [0.29, 0.717) is 22.8 Å². The normalized spacial score (nSPS) is 10.8. The molecule has 0 spiro atoms. The third-order valence-electron chi connectivity index (χ3n) is 4.39. The molecule has 0 unspecified atom stereocenters. The zero-order valence-corrected chi connectivity index (χ0v) is 15.3. The second kappa shape index (κ2) is 7.11. The second-order valence-electron chi connectivity index (χ2n) is 6.30. The van der Waals surface area contributed by atoms with Gasteiger partial charge in [0.1, 0.15) is 5.82 Å². The molecule has 0 aliphatic heterocycles. The number of fused-ring (bicyclic) bond motifs is 1. The monoisotopic (exact) mass is 376 g/mol. The van der Waals surface area contributed by atoms with E-state index in [4.69, 9.17) is 4.74 Å². The van der Waals surface area contributed by atoms with Gasteiger partial charge in [-0.05, 0) is 48.9 Å². The number of hydrogen-bond donors (Lipinski definition) is 1. The molecule has 2 heterocycles. The first-order valence-electron chi connectivity index (χ1n) is 8.62. The van der Waals surface area contributed by atoms with Gasteiger partial charge in [-0.15, -0.1) is 5.10 Å². The molecule has 0 saturated heterocycles. The lowest BCUT2D eigenvalue weighted by molar-refractivity contribution is 0.102. The van der Waals surface area contributed by atoms with Crippen molar-refractivity contribution in [1.29, 1.82) is 0 Å². The standard InChI is InChI=1S/C21H17FN4O2/c1-13-3-4-15(18-12-26-19(23-18)9-10-20(25-26)28-2)11-17(13)24-21(27)14-5-7-16(22)8-6-14/h3-12H,1-2H3,(H,24,27). The highest BCUT2D eigenvalue weighted by Crippen LogP contribution is 2.26. The molecule has 6 nitrogen and oxygen atoms in total. The molecule has 2 aromatic carbocycles. The van der Waals surface area contributed by atoms with E-state index < -0.39 is 0 Å². The molecule has 0 saturated carbocycles. The van der Waals surface area contributed by atoms with Crippen LogP contribution in [0.1, 0.15) is 15.9 Å². The third-order valence-corrected chi connectivity index (χ3v) is 4.39. The summed E-state index contributed by atoms with van der Waals surface area (Å²) < 4.78 is 19.8. The van der Waals surface area contributed by atoms with Crippen molar-refractivity contribution in [2.24, 2.45) is 0 Å². The van der Waals surface area contributed by atoms with E-state index in [-0.39, 0.29) is 11.7 Å². The molecule has 0 fully saturated rings. The van der Waals surface area contributed by atoms with Crippen molar-refractivity contribution < 1.29 is 13.9 Å². The lowest BCUT2D eigenvalue weighted by Crippen LogP contribution is -2.12. The number of rotatable bonds is 4. The highest BCUT2D eigenvalue weighted by atomic mass is 19.1. The molecule has 4 rings (SSSR count). The zero-order valence-electron chi connectivity index (χ0n) is 15.3. The molecule has 0 atom stereocenters. The Balaban J connectivity index is 1.65. The molecule has 7 heteroatoms. The number of aryl methyl sites for hydroxylation is 1. The van der Waals surface area contributed by atoms with Crippen molar-refractivity contribution in [1.82, 2.24) is 14.6 Å². The highest BCUT2D eigenvalue weighted by molar-refractivity contribution is 6.04. The predicted molar refractivity (Wildman–Crippen MR) is 104 cm³/mol. The van der Waals surface area contributed by atoms with Crippen LogP contribution in [0.4, 0.5) is 10.1 Å². The van der Waals surface area contributed by atoms with Gasteiger partial charge in [-0.3, -0.25) is 4.79 Å². The Bertz CT molecular complexity index is 1170. The summed E-state index contributed by atoms with van der Waals surface area (Å²) in [4.78, 5) is 17.0. The van der Waals surface area contributed by atoms with Crippen molar-refractivity contribution in [3.63, 3.8) is 0 Å². The first kappa shape index (κ1) is 17.7. The fourth-order valence-electron chi connectivity index (χ4n) is 2.82. The fourth-order valence-corrected chi connectivity index (χ4v) is 2.82. The van der Waals surface area contributed by atoms with E-state index in [1.807, 2.05) is 31.2 Å². The zero-order chi connectivity index (χ0) is 19.7. The summed E-state index contributed by atoms with van der Waals surface area (Å²) in [7, 11) is 1.56. The molecule has 140 valence electrons. The number of halogens is 1. The van der Waals surface area contributed by atoms with Gasteiger partial charge in [0.15, 0.2) is 5.65 Å². The molecular weight excluding hydrogens is 359 g/mol. The summed E-state index contributed by atoms with van der Waals surface area (Å²) in [6.45, 7) is 1.90. The number of aromatic nitrogens is 3. The van der Waals surface area contributed by atoms with Crippen LogP contribution in [0, 0.1) is 12.7 Å². The minimum absolute atomic E-state index is 0.304. The lowest BCUT2D eigenvalue weighted by Gasteiger charge is -2.10. The van der Waals surface area contributed by atoms with Gasteiger partial charge in [0.05, 0.1) is 19.0 Å². The maximum Gasteiger partial charge on any atom is 0.255 e. The third kappa shape index (κ3) is 3.42. The Labute approximate surface area is 160 Å². The first-order chi connectivity index (χ1) is 13.5. The van der Waals surface area contributed by atoms with Crippen molar-refractivity contribution >= 4 is 17.2 Å². The Morgan fingerprint density at radius 3 is 2.64 bits per heavy atom. The number of amides is 1. The van der Waals surface area contributed by atoms with Gasteiger partial charge in [-0.1, -0.05) is 12.1 Å². The number of ether oxygens (including phenoxy) is 1. The minimum Gasteiger partial charge on any atom is -0.480 e. The van der Waals surface area contributed by atoms with E-state index in [9.17, 15) is 9.18 Å². The van der Waals surface area contributed by atoms with Gasteiger partial charge in [0.2, 0.25) is 5.88 Å². The Morgan fingerprint density at radius 1 is 1.11 bits per heavy atom. The van der Waals surface area contributed by atoms with E-state index in [0.717, 1.165) is 16.8 Å².